The van der Waals surface area contributed by atoms with Gasteiger partial charge in [0.2, 0.25) is 5.91 Å². The fourth-order valence-corrected chi connectivity index (χ4v) is 7.06. The van der Waals surface area contributed by atoms with Gasteiger partial charge in [0.15, 0.2) is 0 Å². The number of imide groups is 1. The predicted molar refractivity (Wildman–Crippen MR) is 125 cm³/mol. The fraction of sp³-hybridized carbons (Fsp3) is 0.400. The number of imidazole rings is 1. The summed E-state index contributed by atoms with van der Waals surface area (Å²) < 4.78 is 2.76. The number of aromatic nitrogens is 2. The summed E-state index contributed by atoms with van der Waals surface area (Å²) in [5, 5.41) is 2.63. The number of hydrogen-bond donors (Lipinski definition) is 3. The molecule has 1 heterocycles. The zero-order chi connectivity index (χ0) is 21.7. The lowest BCUT2D eigenvalue weighted by Gasteiger charge is -2.55. The van der Waals surface area contributed by atoms with Gasteiger partial charge in [-0.25, -0.2) is 9.78 Å². The predicted octanol–water partition coefficient (Wildman–Crippen LogP) is 5.28. The average molecular weight is 447 g/mol. The zero-order valence-electron chi connectivity index (χ0n) is 17.8. The van der Waals surface area contributed by atoms with Crippen LogP contribution >= 0.6 is 11.9 Å². The Hall–Kier alpha value is -2.80. The second-order valence-corrected chi connectivity index (χ2v) is 10.7. The molecule has 3 N–H and O–H groups in total. The number of para-hydroxylation sites is 2. The van der Waals surface area contributed by atoms with E-state index in [-0.39, 0.29) is 11.3 Å². The van der Waals surface area contributed by atoms with E-state index in [9.17, 15) is 9.59 Å². The second kappa shape index (κ2) is 7.66. The largest absolute Gasteiger partial charge is 0.338 e. The van der Waals surface area contributed by atoms with Crippen LogP contribution in [0.5, 0.6) is 0 Å². The molecule has 4 saturated carbocycles. The molecule has 164 valence electrons. The van der Waals surface area contributed by atoms with Gasteiger partial charge in [-0.3, -0.25) is 14.8 Å². The lowest BCUT2D eigenvalue weighted by Crippen LogP contribution is -2.55. The fourth-order valence-electron chi connectivity index (χ4n) is 6.53. The number of carbonyl (C=O) groups is 2. The Morgan fingerprint density at radius 3 is 2.25 bits per heavy atom. The molecule has 1 aromatic heterocycles. The average Bonchev–Trinajstić information content (AvgIpc) is 3.21. The lowest BCUT2D eigenvalue weighted by atomic mass is 9.49. The zero-order valence-corrected chi connectivity index (χ0v) is 18.6. The number of nitrogens with zero attached hydrogens (tertiary/aromatic N) is 1. The number of H-pyrrole nitrogens is 1. The van der Waals surface area contributed by atoms with E-state index in [1.807, 2.05) is 48.5 Å². The van der Waals surface area contributed by atoms with E-state index >= 15 is 0 Å². The first-order valence-electron chi connectivity index (χ1n) is 11.4. The van der Waals surface area contributed by atoms with Gasteiger partial charge < -0.3 is 4.98 Å². The molecular weight excluding hydrogens is 420 g/mol. The van der Waals surface area contributed by atoms with Gasteiger partial charge >= 0.3 is 6.03 Å². The lowest BCUT2D eigenvalue weighted by molar-refractivity contribution is -0.144. The highest BCUT2D eigenvalue weighted by Gasteiger charge is 2.54. The molecule has 0 spiro atoms. The topological polar surface area (TPSA) is 86.9 Å². The summed E-state index contributed by atoms with van der Waals surface area (Å²) in [6.07, 6.45) is 6.69. The minimum absolute atomic E-state index is 0.0741. The number of nitrogens with one attached hydrogen (secondary N) is 3. The van der Waals surface area contributed by atoms with E-state index in [2.05, 4.69) is 20.0 Å². The van der Waals surface area contributed by atoms with Crippen LogP contribution in [0, 0.1) is 23.2 Å². The molecule has 0 radical (unpaired) electrons. The van der Waals surface area contributed by atoms with Gasteiger partial charge in [-0.1, -0.05) is 24.3 Å². The SMILES string of the molecule is O=C(NSc1ccc(-c2nc3ccccc3[nH]2)cc1)NC(=O)C12CC3CC(CC(C3)C1)C2. The van der Waals surface area contributed by atoms with E-state index in [0.29, 0.717) is 17.8 Å². The molecule has 0 unspecified atom stereocenters. The molecule has 3 aromatic rings. The maximum Gasteiger partial charge on any atom is 0.331 e. The van der Waals surface area contributed by atoms with Crippen LogP contribution < -0.4 is 10.0 Å². The Morgan fingerprint density at radius 2 is 1.59 bits per heavy atom. The number of rotatable bonds is 4. The first-order valence-corrected chi connectivity index (χ1v) is 12.2. The summed E-state index contributed by atoms with van der Waals surface area (Å²) in [4.78, 5) is 34.3. The molecule has 4 bridgehead atoms. The van der Waals surface area contributed by atoms with E-state index in [1.165, 1.54) is 31.2 Å². The Balaban J connectivity index is 1.06. The minimum atomic E-state index is -0.433. The molecule has 2 aromatic carbocycles. The van der Waals surface area contributed by atoms with Crippen LogP contribution in [-0.2, 0) is 4.79 Å². The third kappa shape index (κ3) is 3.58. The Bertz CT molecular complexity index is 1120. The van der Waals surface area contributed by atoms with Crippen LogP contribution in [0.15, 0.2) is 53.4 Å². The summed E-state index contributed by atoms with van der Waals surface area (Å²) >= 11 is 1.21. The summed E-state index contributed by atoms with van der Waals surface area (Å²) in [5.74, 6) is 2.77. The van der Waals surface area contributed by atoms with Crippen molar-refractivity contribution in [1.29, 1.82) is 0 Å². The van der Waals surface area contributed by atoms with Crippen LogP contribution in [0.3, 0.4) is 0 Å². The molecular formula is C25H26N4O2S. The smallest absolute Gasteiger partial charge is 0.331 e. The normalized spacial score (nSPS) is 28.1. The third-order valence-electron chi connectivity index (χ3n) is 7.53. The molecule has 6 nitrogen and oxygen atoms in total. The maximum atomic E-state index is 13.0. The third-order valence-corrected chi connectivity index (χ3v) is 8.32. The maximum absolute atomic E-state index is 13.0. The van der Waals surface area contributed by atoms with Gasteiger partial charge in [0.25, 0.3) is 0 Å². The number of fused-ring (bicyclic) bond motifs is 1. The number of carbonyl (C=O) groups excluding carboxylic acids is 2. The summed E-state index contributed by atoms with van der Waals surface area (Å²) in [5.41, 5.74) is 2.60. The molecule has 4 fully saturated rings. The van der Waals surface area contributed by atoms with Crippen LogP contribution in [0.4, 0.5) is 4.79 Å². The highest BCUT2D eigenvalue weighted by Crippen LogP contribution is 2.60. The van der Waals surface area contributed by atoms with E-state index < -0.39 is 6.03 Å². The van der Waals surface area contributed by atoms with E-state index in [4.69, 9.17) is 0 Å². The molecule has 4 aliphatic carbocycles. The van der Waals surface area contributed by atoms with Crippen molar-refractivity contribution >= 4 is 34.9 Å². The minimum Gasteiger partial charge on any atom is -0.338 e. The van der Waals surface area contributed by atoms with E-state index in [1.54, 1.807) is 0 Å². The van der Waals surface area contributed by atoms with Crippen LogP contribution in [0.2, 0.25) is 0 Å². The Morgan fingerprint density at radius 1 is 0.938 bits per heavy atom. The number of hydrogen-bond acceptors (Lipinski definition) is 4. The number of benzene rings is 2. The van der Waals surface area contributed by atoms with Gasteiger partial charge in [0.05, 0.1) is 16.4 Å². The van der Waals surface area contributed by atoms with Crippen molar-refractivity contribution in [3.63, 3.8) is 0 Å². The molecule has 0 aliphatic heterocycles. The van der Waals surface area contributed by atoms with Crippen molar-refractivity contribution in [1.82, 2.24) is 20.0 Å². The van der Waals surface area contributed by atoms with Crippen LogP contribution in [0.1, 0.15) is 38.5 Å². The molecule has 32 heavy (non-hydrogen) atoms. The molecule has 3 amide bonds. The van der Waals surface area contributed by atoms with Crippen molar-refractivity contribution in [2.45, 2.75) is 43.4 Å². The van der Waals surface area contributed by atoms with Crippen LogP contribution in [-0.4, -0.2) is 21.9 Å². The van der Waals surface area contributed by atoms with Crippen molar-refractivity contribution in [2.75, 3.05) is 0 Å². The molecule has 7 rings (SSSR count). The van der Waals surface area contributed by atoms with Crippen molar-refractivity contribution in [2.24, 2.45) is 23.2 Å². The standard InChI is InChI=1S/C25H26N4O2S/c30-23(25-12-15-9-16(13-25)11-17(10-15)14-25)28-24(31)29-32-19-7-5-18(6-8-19)22-26-20-3-1-2-4-21(20)27-22/h1-8,15-17H,9-14H2,(H,26,27)(H2,28,29,30,31). The van der Waals surface area contributed by atoms with Crippen molar-refractivity contribution in [3.8, 4) is 11.4 Å². The first-order chi connectivity index (χ1) is 15.6. The Labute approximate surface area is 191 Å². The Kier molecular flexibility index (Phi) is 4.75. The molecule has 7 heteroatoms. The van der Waals surface area contributed by atoms with Gasteiger partial charge in [-0.2, -0.15) is 0 Å². The van der Waals surface area contributed by atoms with Crippen LogP contribution in [0.25, 0.3) is 22.4 Å². The molecule has 0 atom stereocenters. The summed E-state index contributed by atoms with van der Waals surface area (Å²) in [6, 6.07) is 15.3. The summed E-state index contributed by atoms with van der Waals surface area (Å²) in [6.45, 7) is 0. The highest BCUT2D eigenvalue weighted by molar-refractivity contribution is 7.98. The highest BCUT2D eigenvalue weighted by atomic mass is 32.2. The quantitative estimate of drug-likeness (QED) is 0.476. The van der Waals surface area contributed by atoms with Gasteiger partial charge in [0.1, 0.15) is 5.82 Å². The van der Waals surface area contributed by atoms with Crippen molar-refractivity contribution < 1.29 is 9.59 Å². The van der Waals surface area contributed by atoms with Gasteiger partial charge in [0, 0.05) is 10.5 Å². The monoisotopic (exact) mass is 446 g/mol. The number of urea groups is 1. The van der Waals surface area contributed by atoms with E-state index in [0.717, 1.165) is 46.6 Å². The second-order valence-electron chi connectivity index (χ2n) is 9.81. The molecule has 0 saturated heterocycles. The number of amides is 3. The first kappa shape index (κ1) is 19.9. The molecule has 4 aliphatic rings. The number of aromatic amines is 1. The van der Waals surface area contributed by atoms with Gasteiger partial charge in [-0.15, -0.1) is 0 Å². The van der Waals surface area contributed by atoms with Crippen molar-refractivity contribution in [3.05, 3.63) is 48.5 Å². The van der Waals surface area contributed by atoms with Gasteiger partial charge in [-0.05, 0) is 92.5 Å². The summed E-state index contributed by atoms with van der Waals surface area (Å²) in [7, 11) is 0.